The zero-order valence-corrected chi connectivity index (χ0v) is 12.8. The number of hydrogen-bond acceptors (Lipinski definition) is 3. The first kappa shape index (κ1) is 15.5. The van der Waals surface area contributed by atoms with Gasteiger partial charge in [-0.3, -0.25) is 0 Å². The van der Waals surface area contributed by atoms with Crippen molar-refractivity contribution < 1.29 is 5.11 Å². The minimum absolute atomic E-state index is 0.169. The second-order valence-electron chi connectivity index (χ2n) is 6.16. The zero-order valence-electron chi connectivity index (χ0n) is 12.8. The average Bonchev–Trinajstić information content (AvgIpc) is 2.44. The van der Waals surface area contributed by atoms with Crippen LogP contribution >= 0.6 is 0 Å². The highest BCUT2D eigenvalue weighted by molar-refractivity contribution is 5.14. The van der Waals surface area contributed by atoms with Crippen LogP contribution in [0.3, 0.4) is 0 Å². The molecule has 1 fully saturated rings. The molecule has 2 rings (SSSR count). The lowest BCUT2D eigenvalue weighted by molar-refractivity contribution is 0.0597. The van der Waals surface area contributed by atoms with Gasteiger partial charge in [0.25, 0.3) is 0 Å². The number of nitrogens with zero attached hydrogens (tertiary/aromatic N) is 2. The Bertz CT molecular complexity index is 382. The zero-order chi connectivity index (χ0) is 14.4. The second-order valence-corrected chi connectivity index (χ2v) is 6.16. The molecule has 1 aromatic carbocycles. The number of hydrogen-bond donors (Lipinski definition) is 1. The lowest BCUT2D eigenvalue weighted by atomic mass is 10.00. The molecule has 0 amide bonds. The first-order valence-corrected chi connectivity index (χ1v) is 7.76. The van der Waals surface area contributed by atoms with Crippen molar-refractivity contribution in [3.05, 3.63) is 35.9 Å². The molecule has 0 aliphatic carbocycles. The second kappa shape index (κ2) is 7.77. The molecule has 3 heteroatoms. The van der Waals surface area contributed by atoms with Gasteiger partial charge in [-0.05, 0) is 45.3 Å². The Hall–Kier alpha value is -0.900. The summed E-state index contributed by atoms with van der Waals surface area (Å²) >= 11 is 0. The van der Waals surface area contributed by atoms with E-state index in [2.05, 4.69) is 48.2 Å². The Morgan fingerprint density at radius 1 is 1.20 bits per heavy atom. The van der Waals surface area contributed by atoms with Gasteiger partial charge in [-0.1, -0.05) is 30.3 Å². The van der Waals surface area contributed by atoms with Crippen LogP contribution in [0.15, 0.2) is 30.3 Å². The SMILES string of the molecule is CN1CCN(C)C(CC(O)CCCc2ccccc2)C1. The van der Waals surface area contributed by atoms with E-state index in [4.69, 9.17) is 0 Å². The van der Waals surface area contributed by atoms with Gasteiger partial charge in [0.05, 0.1) is 6.10 Å². The number of aryl methyl sites for hydroxylation is 1. The highest BCUT2D eigenvalue weighted by Gasteiger charge is 2.24. The number of aliphatic hydroxyl groups is 1. The minimum Gasteiger partial charge on any atom is -0.393 e. The maximum atomic E-state index is 10.2. The average molecular weight is 276 g/mol. The summed E-state index contributed by atoms with van der Waals surface area (Å²) in [4.78, 5) is 4.75. The summed E-state index contributed by atoms with van der Waals surface area (Å²) < 4.78 is 0. The first-order chi connectivity index (χ1) is 9.65. The fourth-order valence-corrected chi connectivity index (χ4v) is 2.97. The van der Waals surface area contributed by atoms with Crippen molar-refractivity contribution in [2.24, 2.45) is 0 Å². The van der Waals surface area contributed by atoms with Gasteiger partial charge in [0.2, 0.25) is 0 Å². The molecule has 0 bridgehead atoms. The van der Waals surface area contributed by atoms with Crippen LogP contribution in [0.1, 0.15) is 24.8 Å². The maximum Gasteiger partial charge on any atom is 0.0555 e. The van der Waals surface area contributed by atoms with Crippen LogP contribution in [-0.2, 0) is 6.42 Å². The summed E-state index contributed by atoms with van der Waals surface area (Å²) in [5.41, 5.74) is 1.37. The normalized spacial score (nSPS) is 22.9. The molecule has 1 aliphatic heterocycles. The van der Waals surface area contributed by atoms with Gasteiger partial charge < -0.3 is 14.9 Å². The molecule has 1 aliphatic rings. The molecule has 20 heavy (non-hydrogen) atoms. The monoisotopic (exact) mass is 276 g/mol. The van der Waals surface area contributed by atoms with Crippen LogP contribution in [0.25, 0.3) is 0 Å². The van der Waals surface area contributed by atoms with Crippen molar-refractivity contribution in [2.75, 3.05) is 33.7 Å². The third kappa shape index (κ3) is 4.89. The number of aliphatic hydroxyl groups excluding tert-OH is 1. The Kier molecular flexibility index (Phi) is 6.02. The van der Waals surface area contributed by atoms with Crippen molar-refractivity contribution in [1.29, 1.82) is 0 Å². The number of likely N-dealkylation sites (N-methyl/N-ethyl adjacent to an activating group) is 2. The first-order valence-electron chi connectivity index (χ1n) is 7.76. The van der Waals surface area contributed by atoms with E-state index in [9.17, 15) is 5.11 Å². The Morgan fingerprint density at radius 3 is 2.70 bits per heavy atom. The van der Waals surface area contributed by atoms with Crippen molar-refractivity contribution in [1.82, 2.24) is 9.80 Å². The van der Waals surface area contributed by atoms with E-state index in [1.165, 1.54) is 5.56 Å². The summed E-state index contributed by atoms with van der Waals surface area (Å²) in [6, 6.07) is 11.0. The molecule has 2 unspecified atom stereocenters. The van der Waals surface area contributed by atoms with Gasteiger partial charge in [-0.15, -0.1) is 0 Å². The van der Waals surface area contributed by atoms with Crippen molar-refractivity contribution in [3.8, 4) is 0 Å². The molecule has 1 heterocycles. The van der Waals surface area contributed by atoms with Crippen LogP contribution in [0.5, 0.6) is 0 Å². The molecule has 1 saturated heterocycles. The summed E-state index contributed by atoms with van der Waals surface area (Å²) in [6.45, 7) is 3.32. The van der Waals surface area contributed by atoms with Crippen LogP contribution < -0.4 is 0 Å². The maximum absolute atomic E-state index is 10.2. The predicted octanol–water partition coefficient (Wildman–Crippen LogP) is 2.01. The van der Waals surface area contributed by atoms with Crippen molar-refractivity contribution in [2.45, 2.75) is 37.8 Å². The number of piperazine rings is 1. The Balaban J connectivity index is 1.68. The van der Waals surface area contributed by atoms with Crippen molar-refractivity contribution in [3.63, 3.8) is 0 Å². The van der Waals surface area contributed by atoms with Gasteiger partial charge >= 0.3 is 0 Å². The van der Waals surface area contributed by atoms with E-state index < -0.39 is 0 Å². The highest BCUT2D eigenvalue weighted by atomic mass is 16.3. The van der Waals surface area contributed by atoms with E-state index >= 15 is 0 Å². The highest BCUT2D eigenvalue weighted by Crippen LogP contribution is 2.15. The van der Waals surface area contributed by atoms with Crippen LogP contribution in [-0.4, -0.2) is 60.8 Å². The van der Waals surface area contributed by atoms with E-state index in [-0.39, 0.29) is 6.10 Å². The molecule has 0 aromatic heterocycles. The molecule has 2 atom stereocenters. The number of rotatable bonds is 6. The summed E-state index contributed by atoms with van der Waals surface area (Å²) in [5.74, 6) is 0. The molecule has 1 N–H and O–H groups in total. The molecule has 0 saturated carbocycles. The van der Waals surface area contributed by atoms with E-state index in [0.717, 1.165) is 45.3 Å². The molecule has 1 aromatic rings. The Labute approximate surface area is 123 Å². The Morgan fingerprint density at radius 2 is 1.95 bits per heavy atom. The third-order valence-electron chi connectivity index (χ3n) is 4.37. The van der Waals surface area contributed by atoms with E-state index in [1.807, 2.05) is 6.07 Å². The third-order valence-corrected chi connectivity index (χ3v) is 4.37. The van der Waals surface area contributed by atoms with Crippen molar-refractivity contribution >= 4 is 0 Å². The standard InChI is InChI=1S/C17H28N2O/c1-18-11-12-19(2)16(14-18)13-17(20)10-6-9-15-7-4-3-5-8-15/h3-5,7-8,16-17,20H,6,9-14H2,1-2H3. The van der Waals surface area contributed by atoms with E-state index in [0.29, 0.717) is 6.04 Å². The largest absolute Gasteiger partial charge is 0.393 e. The minimum atomic E-state index is -0.169. The van der Waals surface area contributed by atoms with Gasteiger partial charge in [0.1, 0.15) is 0 Å². The lowest BCUT2D eigenvalue weighted by Gasteiger charge is -2.38. The molecule has 0 radical (unpaired) electrons. The quantitative estimate of drug-likeness (QED) is 0.861. The smallest absolute Gasteiger partial charge is 0.0555 e. The predicted molar refractivity (Wildman–Crippen MR) is 83.9 cm³/mol. The van der Waals surface area contributed by atoms with Gasteiger partial charge in [0.15, 0.2) is 0 Å². The molecular formula is C17H28N2O. The fraction of sp³-hybridized carbons (Fsp3) is 0.647. The summed E-state index contributed by atoms with van der Waals surface area (Å²) in [7, 11) is 4.34. The van der Waals surface area contributed by atoms with Gasteiger partial charge in [-0.25, -0.2) is 0 Å². The topological polar surface area (TPSA) is 26.7 Å². The van der Waals surface area contributed by atoms with Gasteiger partial charge in [-0.2, -0.15) is 0 Å². The molecule has 3 nitrogen and oxygen atoms in total. The number of benzene rings is 1. The lowest BCUT2D eigenvalue weighted by Crippen LogP contribution is -2.50. The van der Waals surface area contributed by atoms with Crippen LogP contribution in [0, 0.1) is 0 Å². The van der Waals surface area contributed by atoms with Crippen LogP contribution in [0.4, 0.5) is 0 Å². The molecule has 0 spiro atoms. The van der Waals surface area contributed by atoms with Crippen LogP contribution in [0.2, 0.25) is 0 Å². The summed E-state index contributed by atoms with van der Waals surface area (Å²) in [5, 5.41) is 10.2. The van der Waals surface area contributed by atoms with Gasteiger partial charge in [0, 0.05) is 25.7 Å². The molecular weight excluding hydrogens is 248 g/mol. The fourth-order valence-electron chi connectivity index (χ4n) is 2.97. The molecule has 112 valence electrons. The summed E-state index contributed by atoms with van der Waals surface area (Å²) in [6.07, 6.45) is 3.77. The van der Waals surface area contributed by atoms with E-state index in [1.54, 1.807) is 0 Å².